The van der Waals surface area contributed by atoms with Crippen molar-refractivity contribution >= 4 is 5.91 Å². The Balaban J connectivity index is 1.83. The van der Waals surface area contributed by atoms with Crippen molar-refractivity contribution in [1.29, 1.82) is 0 Å². The first kappa shape index (κ1) is 16.1. The summed E-state index contributed by atoms with van der Waals surface area (Å²) in [6.45, 7) is -0.490. The van der Waals surface area contributed by atoms with Gasteiger partial charge in [-0.3, -0.25) is 4.79 Å². The van der Waals surface area contributed by atoms with E-state index in [-0.39, 0.29) is 13.2 Å². The predicted molar refractivity (Wildman–Crippen MR) is 76.3 cm³/mol. The van der Waals surface area contributed by atoms with Crippen LogP contribution in [0.25, 0.3) is 0 Å². The summed E-state index contributed by atoms with van der Waals surface area (Å²) in [7, 11) is 0. The van der Waals surface area contributed by atoms with Gasteiger partial charge < -0.3 is 14.4 Å². The first-order valence-electron chi connectivity index (χ1n) is 7.62. The van der Waals surface area contributed by atoms with Crippen molar-refractivity contribution in [3.63, 3.8) is 0 Å². The molecule has 2 aliphatic rings. The molecule has 1 aromatic carbocycles. The molecule has 4 nitrogen and oxygen atoms in total. The highest BCUT2D eigenvalue weighted by atomic mass is 19.4. The van der Waals surface area contributed by atoms with Gasteiger partial charge in [-0.15, -0.1) is 0 Å². The van der Waals surface area contributed by atoms with E-state index in [4.69, 9.17) is 9.47 Å². The minimum absolute atomic E-state index is 0.0834. The number of hydrogen-bond donors (Lipinski definition) is 0. The Morgan fingerprint density at radius 1 is 1.26 bits per heavy atom. The number of benzene rings is 1. The van der Waals surface area contributed by atoms with Crippen LogP contribution in [0.15, 0.2) is 24.3 Å². The molecule has 3 rings (SSSR count). The molecule has 0 unspecified atom stereocenters. The van der Waals surface area contributed by atoms with E-state index in [0.717, 1.165) is 4.90 Å². The Morgan fingerprint density at radius 2 is 2.04 bits per heavy atom. The smallest absolute Gasteiger partial charge is 0.406 e. The van der Waals surface area contributed by atoms with Crippen molar-refractivity contribution in [2.45, 2.75) is 31.0 Å². The molecule has 126 valence electrons. The van der Waals surface area contributed by atoms with E-state index in [1.807, 2.05) is 0 Å². The number of rotatable bonds is 3. The van der Waals surface area contributed by atoms with Gasteiger partial charge in [0.15, 0.2) is 0 Å². The lowest BCUT2D eigenvalue weighted by atomic mass is 9.98. The van der Waals surface area contributed by atoms with Crippen molar-refractivity contribution in [3.8, 4) is 5.75 Å². The molecule has 2 aliphatic heterocycles. The number of amides is 1. The Bertz CT molecular complexity index is 570. The zero-order chi connectivity index (χ0) is 16.4. The zero-order valence-corrected chi connectivity index (χ0v) is 12.5. The lowest BCUT2D eigenvalue weighted by Gasteiger charge is -2.36. The van der Waals surface area contributed by atoms with E-state index in [2.05, 4.69) is 0 Å². The van der Waals surface area contributed by atoms with Crippen LogP contribution in [0.5, 0.6) is 5.75 Å². The van der Waals surface area contributed by atoms with Crippen LogP contribution in [0.2, 0.25) is 0 Å². The fraction of sp³-hybridized carbons (Fsp3) is 0.562. The van der Waals surface area contributed by atoms with E-state index < -0.39 is 30.6 Å². The van der Waals surface area contributed by atoms with Gasteiger partial charge in [-0.25, -0.2) is 0 Å². The summed E-state index contributed by atoms with van der Waals surface area (Å²) in [4.78, 5) is 13.7. The van der Waals surface area contributed by atoms with Gasteiger partial charge in [0, 0.05) is 12.2 Å². The third-order valence-electron chi connectivity index (χ3n) is 4.21. The van der Waals surface area contributed by atoms with Crippen molar-refractivity contribution in [1.82, 2.24) is 4.90 Å². The lowest BCUT2D eigenvalue weighted by Crippen LogP contribution is -2.50. The van der Waals surface area contributed by atoms with Crippen LogP contribution in [-0.2, 0) is 9.53 Å². The molecule has 0 spiro atoms. The van der Waals surface area contributed by atoms with Crippen LogP contribution in [0.1, 0.15) is 24.3 Å². The average molecular weight is 329 g/mol. The molecule has 0 aliphatic carbocycles. The van der Waals surface area contributed by atoms with Gasteiger partial charge in [0.05, 0.1) is 12.6 Å². The number of ether oxygens (including phenoxy) is 2. The molecular formula is C16H18F3NO3. The molecule has 0 N–H and O–H groups in total. The summed E-state index contributed by atoms with van der Waals surface area (Å²) in [5.74, 6) is -0.657. The van der Waals surface area contributed by atoms with Crippen LogP contribution in [0, 0.1) is 0 Å². The topological polar surface area (TPSA) is 38.8 Å². The average Bonchev–Trinajstić information content (AvgIpc) is 2.96. The number of carbonyl (C=O) groups excluding carboxylic acids is 1. The third kappa shape index (κ3) is 3.60. The normalized spacial score (nSPS) is 24.0. The zero-order valence-electron chi connectivity index (χ0n) is 12.5. The highest BCUT2D eigenvalue weighted by molar-refractivity contribution is 5.86. The summed E-state index contributed by atoms with van der Waals surface area (Å²) >= 11 is 0. The molecular weight excluding hydrogens is 311 g/mol. The van der Waals surface area contributed by atoms with Gasteiger partial charge in [-0.2, -0.15) is 13.2 Å². The molecule has 1 aromatic rings. The monoisotopic (exact) mass is 329 g/mol. The number of halogens is 3. The second kappa shape index (κ2) is 6.39. The fourth-order valence-corrected chi connectivity index (χ4v) is 3.12. The highest BCUT2D eigenvalue weighted by Gasteiger charge is 2.41. The third-order valence-corrected chi connectivity index (χ3v) is 4.21. The van der Waals surface area contributed by atoms with Gasteiger partial charge in [-0.05, 0) is 18.9 Å². The van der Waals surface area contributed by atoms with Crippen LogP contribution in [0.3, 0.4) is 0 Å². The van der Waals surface area contributed by atoms with Gasteiger partial charge >= 0.3 is 6.18 Å². The first-order chi connectivity index (χ1) is 11.0. The maximum Gasteiger partial charge on any atom is 0.406 e. The van der Waals surface area contributed by atoms with E-state index in [9.17, 15) is 18.0 Å². The molecule has 23 heavy (non-hydrogen) atoms. The lowest BCUT2D eigenvalue weighted by molar-refractivity contribution is -0.171. The van der Waals surface area contributed by atoms with E-state index in [1.54, 1.807) is 24.3 Å². The largest absolute Gasteiger partial charge is 0.492 e. The van der Waals surface area contributed by atoms with Crippen LogP contribution < -0.4 is 4.74 Å². The van der Waals surface area contributed by atoms with Gasteiger partial charge in [0.25, 0.3) is 0 Å². The number of alkyl halides is 3. The van der Waals surface area contributed by atoms with Gasteiger partial charge in [-0.1, -0.05) is 18.2 Å². The SMILES string of the molecule is O=C([C@H]1COc2ccccc21)N(CC(F)(F)F)[C@H]1CCCOC1. The minimum Gasteiger partial charge on any atom is -0.492 e. The predicted octanol–water partition coefficient (Wildman–Crippen LogP) is 2.73. The first-order valence-corrected chi connectivity index (χ1v) is 7.62. The van der Waals surface area contributed by atoms with E-state index >= 15 is 0 Å². The summed E-state index contributed by atoms with van der Waals surface area (Å²) in [5, 5.41) is 0. The molecule has 2 atom stereocenters. The Labute approximate surface area is 132 Å². The molecule has 0 saturated carbocycles. The number of fused-ring (bicyclic) bond motifs is 1. The summed E-state index contributed by atoms with van der Waals surface area (Å²) < 4.78 is 49.5. The molecule has 0 bridgehead atoms. The molecule has 2 heterocycles. The summed E-state index contributed by atoms with van der Waals surface area (Å²) in [5.41, 5.74) is 0.654. The molecule has 0 aromatic heterocycles. The maximum atomic E-state index is 12.9. The van der Waals surface area contributed by atoms with Crippen LogP contribution in [-0.4, -0.2) is 49.4 Å². The van der Waals surface area contributed by atoms with E-state index in [1.165, 1.54) is 0 Å². The molecule has 0 radical (unpaired) electrons. The van der Waals surface area contributed by atoms with E-state index in [0.29, 0.717) is 30.8 Å². The van der Waals surface area contributed by atoms with Crippen molar-refractivity contribution < 1.29 is 27.4 Å². The second-order valence-electron chi connectivity index (χ2n) is 5.85. The quantitative estimate of drug-likeness (QED) is 0.856. The van der Waals surface area contributed by atoms with Crippen LogP contribution in [0.4, 0.5) is 13.2 Å². The maximum absolute atomic E-state index is 12.9. The highest BCUT2D eigenvalue weighted by Crippen LogP contribution is 2.36. The second-order valence-corrected chi connectivity index (χ2v) is 5.85. The van der Waals surface area contributed by atoms with Crippen molar-refractivity contribution in [3.05, 3.63) is 29.8 Å². The van der Waals surface area contributed by atoms with Crippen LogP contribution >= 0.6 is 0 Å². The number of nitrogens with zero attached hydrogens (tertiary/aromatic N) is 1. The molecule has 7 heteroatoms. The number of para-hydroxylation sites is 1. The Kier molecular flexibility index (Phi) is 4.48. The number of hydrogen-bond acceptors (Lipinski definition) is 3. The van der Waals surface area contributed by atoms with Gasteiger partial charge in [0.1, 0.15) is 24.8 Å². The molecule has 1 amide bonds. The Morgan fingerprint density at radius 3 is 2.74 bits per heavy atom. The summed E-state index contributed by atoms with van der Waals surface area (Å²) in [6, 6.07) is 6.44. The fourth-order valence-electron chi connectivity index (χ4n) is 3.12. The number of carbonyl (C=O) groups is 1. The molecule has 1 saturated heterocycles. The van der Waals surface area contributed by atoms with Crippen molar-refractivity contribution in [2.75, 3.05) is 26.4 Å². The Hall–Kier alpha value is -1.76. The standard InChI is InChI=1S/C16H18F3NO3/c17-16(18,19)10-20(11-4-3-7-22-8-11)15(21)13-9-23-14-6-2-1-5-12(13)14/h1-2,5-6,11,13H,3-4,7-10H2/t11-,13-/m0/s1. The van der Waals surface area contributed by atoms with Crippen molar-refractivity contribution in [2.24, 2.45) is 0 Å². The van der Waals surface area contributed by atoms with Gasteiger partial charge in [0.2, 0.25) is 5.91 Å². The molecule has 1 fully saturated rings. The summed E-state index contributed by atoms with van der Waals surface area (Å²) in [6.07, 6.45) is -3.26. The minimum atomic E-state index is -4.44.